The van der Waals surface area contributed by atoms with Crippen LogP contribution < -0.4 is 11.1 Å². The molecule has 1 aromatic heterocycles. The summed E-state index contributed by atoms with van der Waals surface area (Å²) in [5, 5.41) is 22.5. The van der Waals surface area contributed by atoms with Crippen LogP contribution in [0.4, 0.5) is 17.3 Å². The van der Waals surface area contributed by atoms with Crippen molar-refractivity contribution in [2.75, 3.05) is 17.7 Å². The summed E-state index contributed by atoms with van der Waals surface area (Å²) in [4.78, 5) is 13.9. The average Bonchev–Trinajstić information content (AvgIpc) is 2.16. The van der Waals surface area contributed by atoms with Crippen LogP contribution >= 0.6 is 0 Å². The highest BCUT2D eigenvalue weighted by molar-refractivity contribution is 5.53. The maximum Gasteiger partial charge on any atom is 0.276 e. The Morgan fingerprint density at radius 3 is 2.75 bits per heavy atom. The lowest BCUT2D eigenvalue weighted by atomic mass is 10.1. The van der Waals surface area contributed by atoms with E-state index in [0.29, 0.717) is 0 Å². The largest absolute Gasteiger partial charge is 0.394 e. The number of anilines is 2. The van der Waals surface area contributed by atoms with Gasteiger partial charge in [0.2, 0.25) is 0 Å². The van der Waals surface area contributed by atoms with E-state index in [0.717, 1.165) is 0 Å². The van der Waals surface area contributed by atoms with E-state index in [1.807, 2.05) is 0 Å². The summed E-state index contributed by atoms with van der Waals surface area (Å²) in [6, 6.07) is 2.45. The van der Waals surface area contributed by atoms with Crippen molar-refractivity contribution in [1.29, 1.82) is 0 Å². The molecule has 1 aromatic rings. The van der Waals surface area contributed by atoms with Crippen LogP contribution in [0.15, 0.2) is 12.1 Å². The molecule has 88 valence electrons. The molecule has 0 radical (unpaired) electrons. The fraction of sp³-hybridized carbons (Fsp3) is 0.444. The van der Waals surface area contributed by atoms with Crippen molar-refractivity contribution in [2.24, 2.45) is 0 Å². The van der Waals surface area contributed by atoms with Crippen LogP contribution in [0.5, 0.6) is 0 Å². The maximum atomic E-state index is 10.6. The van der Waals surface area contributed by atoms with E-state index in [2.05, 4.69) is 10.3 Å². The molecule has 0 aliphatic heterocycles. The second-order valence-electron chi connectivity index (χ2n) is 4.06. The predicted molar refractivity (Wildman–Crippen MR) is 60.1 cm³/mol. The van der Waals surface area contributed by atoms with Gasteiger partial charge in [0.25, 0.3) is 5.69 Å². The minimum Gasteiger partial charge on any atom is -0.394 e. The minimum absolute atomic E-state index is 0.0606. The van der Waals surface area contributed by atoms with Crippen LogP contribution in [0.3, 0.4) is 0 Å². The number of rotatable bonds is 4. The lowest BCUT2D eigenvalue weighted by molar-refractivity contribution is -0.384. The number of hydrogen-bond donors (Lipinski definition) is 3. The van der Waals surface area contributed by atoms with Gasteiger partial charge in [-0.1, -0.05) is 0 Å². The number of nitro groups is 1. The number of nitrogen functional groups attached to an aromatic ring is 1. The molecule has 0 aromatic carbocycles. The lowest BCUT2D eigenvalue weighted by Gasteiger charge is -2.24. The van der Waals surface area contributed by atoms with Crippen molar-refractivity contribution in [3.8, 4) is 0 Å². The summed E-state index contributed by atoms with van der Waals surface area (Å²) in [5.41, 5.74) is 4.69. The normalized spacial score (nSPS) is 11.2. The molecule has 0 saturated heterocycles. The van der Waals surface area contributed by atoms with Crippen molar-refractivity contribution < 1.29 is 10.0 Å². The first-order valence-electron chi connectivity index (χ1n) is 4.65. The molecule has 7 nitrogen and oxygen atoms in total. The van der Waals surface area contributed by atoms with E-state index < -0.39 is 10.5 Å². The number of pyridine rings is 1. The van der Waals surface area contributed by atoms with Gasteiger partial charge in [-0.05, 0) is 13.8 Å². The van der Waals surface area contributed by atoms with E-state index in [9.17, 15) is 10.1 Å². The highest BCUT2D eigenvalue weighted by Gasteiger charge is 2.18. The standard InChI is InChI=1S/C9H14N4O3/c1-9(2,5-14)12-8-4-6(13(15)16)3-7(10)11-8/h3-4,14H,5H2,1-2H3,(H3,10,11,12). The molecule has 7 heteroatoms. The highest BCUT2D eigenvalue weighted by atomic mass is 16.6. The van der Waals surface area contributed by atoms with Crippen molar-refractivity contribution in [3.63, 3.8) is 0 Å². The number of nitrogens with one attached hydrogen (secondary N) is 1. The van der Waals surface area contributed by atoms with E-state index in [1.54, 1.807) is 13.8 Å². The Morgan fingerprint density at radius 1 is 1.62 bits per heavy atom. The zero-order valence-electron chi connectivity index (χ0n) is 9.10. The zero-order chi connectivity index (χ0) is 12.3. The summed E-state index contributed by atoms with van der Waals surface area (Å²) < 4.78 is 0. The summed E-state index contributed by atoms with van der Waals surface area (Å²) in [6.45, 7) is 3.35. The molecule has 1 heterocycles. The molecule has 0 atom stereocenters. The van der Waals surface area contributed by atoms with E-state index in [-0.39, 0.29) is 23.9 Å². The average molecular weight is 226 g/mol. The Bertz CT molecular complexity index is 406. The number of hydrogen-bond acceptors (Lipinski definition) is 6. The number of aliphatic hydroxyl groups is 1. The molecule has 0 fully saturated rings. The number of nitrogens with two attached hydrogens (primary N) is 1. The summed E-state index contributed by atoms with van der Waals surface area (Å²) in [7, 11) is 0. The molecule has 16 heavy (non-hydrogen) atoms. The first kappa shape index (κ1) is 12.2. The molecule has 0 aliphatic carbocycles. The number of nitrogens with zero attached hydrogens (tertiary/aromatic N) is 2. The van der Waals surface area contributed by atoms with Crippen molar-refractivity contribution in [3.05, 3.63) is 22.2 Å². The zero-order valence-corrected chi connectivity index (χ0v) is 9.10. The minimum atomic E-state index is -0.616. The van der Waals surface area contributed by atoms with E-state index in [1.165, 1.54) is 12.1 Å². The monoisotopic (exact) mass is 226 g/mol. The molecule has 0 amide bonds. The van der Waals surface area contributed by atoms with Crippen molar-refractivity contribution >= 4 is 17.3 Å². The lowest BCUT2D eigenvalue weighted by Crippen LogP contribution is -2.35. The van der Waals surface area contributed by atoms with Gasteiger partial charge in [-0.3, -0.25) is 10.1 Å². The van der Waals surface area contributed by atoms with E-state index in [4.69, 9.17) is 10.8 Å². The Morgan fingerprint density at radius 2 is 2.25 bits per heavy atom. The first-order chi connectivity index (χ1) is 7.34. The van der Waals surface area contributed by atoms with Gasteiger partial charge in [0, 0.05) is 0 Å². The highest BCUT2D eigenvalue weighted by Crippen LogP contribution is 2.21. The molecule has 0 bridgehead atoms. The molecular weight excluding hydrogens is 212 g/mol. The Labute approximate surface area is 92.4 Å². The third-order valence-corrected chi connectivity index (χ3v) is 1.90. The topological polar surface area (TPSA) is 114 Å². The quantitative estimate of drug-likeness (QED) is 0.515. The third kappa shape index (κ3) is 3.06. The first-order valence-corrected chi connectivity index (χ1v) is 4.65. The fourth-order valence-corrected chi connectivity index (χ4v) is 1.09. The van der Waals surface area contributed by atoms with Gasteiger partial charge in [0.15, 0.2) is 0 Å². The molecule has 4 N–H and O–H groups in total. The van der Waals surface area contributed by atoms with Gasteiger partial charge in [-0.2, -0.15) is 0 Å². The third-order valence-electron chi connectivity index (χ3n) is 1.90. The summed E-state index contributed by atoms with van der Waals surface area (Å²) in [5.74, 6) is 0.330. The van der Waals surface area contributed by atoms with Crippen LogP contribution in [0.25, 0.3) is 0 Å². The van der Waals surface area contributed by atoms with Crippen LogP contribution in [0.1, 0.15) is 13.8 Å². The van der Waals surface area contributed by atoms with E-state index >= 15 is 0 Å². The predicted octanol–water partition coefficient (Wildman–Crippen LogP) is 0.755. The molecule has 1 rings (SSSR count). The van der Waals surface area contributed by atoms with Gasteiger partial charge < -0.3 is 16.2 Å². The summed E-state index contributed by atoms with van der Waals surface area (Å²) in [6.07, 6.45) is 0. The van der Waals surface area contributed by atoms with Crippen molar-refractivity contribution in [2.45, 2.75) is 19.4 Å². The van der Waals surface area contributed by atoms with Gasteiger partial charge in [0.05, 0.1) is 29.2 Å². The Kier molecular flexibility index (Phi) is 3.28. The number of aromatic nitrogens is 1. The van der Waals surface area contributed by atoms with Crippen molar-refractivity contribution in [1.82, 2.24) is 4.98 Å². The van der Waals surface area contributed by atoms with Crippen LogP contribution in [-0.4, -0.2) is 27.2 Å². The van der Waals surface area contributed by atoms with Gasteiger partial charge in [0.1, 0.15) is 11.6 Å². The van der Waals surface area contributed by atoms with Gasteiger partial charge >= 0.3 is 0 Å². The molecule has 0 saturated carbocycles. The number of aliphatic hydroxyl groups excluding tert-OH is 1. The van der Waals surface area contributed by atoms with Crippen LogP contribution in [-0.2, 0) is 0 Å². The second kappa shape index (κ2) is 4.31. The smallest absolute Gasteiger partial charge is 0.276 e. The fourth-order valence-electron chi connectivity index (χ4n) is 1.09. The van der Waals surface area contributed by atoms with Gasteiger partial charge in [-0.25, -0.2) is 4.98 Å². The second-order valence-corrected chi connectivity index (χ2v) is 4.06. The molecule has 0 spiro atoms. The molecule has 0 unspecified atom stereocenters. The van der Waals surface area contributed by atoms with Crippen LogP contribution in [0, 0.1) is 10.1 Å². The summed E-state index contributed by atoms with van der Waals surface area (Å²) >= 11 is 0. The molecular formula is C9H14N4O3. The maximum absolute atomic E-state index is 10.6. The van der Waals surface area contributed by atoms with Crippen LogP contribution in [0.2, 0.25) is 0 Å². The Balaban J connectivity index is 3.01. The molecule has 0 aliphatic rings. The Hall–Kier alpha value is -1.89. The SMILES string of the molecule is CC(C)(CO)Nc1cc([N+](=O)[O-])cc(N)n1. The van der Waals surface area contributed by atoms with Gasteiger partial charge in [-0.15, -0.1) is 0 Å².